The van der Waals surface area contributed by atoms with E-state index in [1.54, 1.807) is 12.3 Å². The molecule has 19 heavy (non-hydrogen) atoms. The highest BCUT2D eigenvalue weighted by Crippen LogP contribution is 2.26. The van der Waals surface area contributed by atoms with Crippen LogP contribution < -0.4 is 5.73 Å². The first kappa shape index (κ1) is 11.6. The van der Waals surface area contributed by atoms with Crippen molar-refractivity contribution in [1.82, 2.24) is 14.5 Å². The van der Waals surface area contributed by atoms with E-state index in [9.17, 15) is 4.39 Å². The Balaban J connectivity index is 2.17. The summed E-state index contributed by atoms with van der Waals surface area (Å²) in [5.41, 5.74) is 8.19. The Morgan fingerprint density at radius 1 is 1.26 bits per heavy atom. The van der Waals surface area contributed by atoms with Gasteiger partial charge in [0.05, 0.1) is 22.8 Å². The second kappa shape index (κ2) is 4.35. The molecule has 1 unspecified atom stereocenters. The highest BCUT2D eigenvalue weighted by atomic mass is 19.1. The van der Waals surface area contributed by atoms with Gasteiger partial charge in [0.15, 0.2) is 0 Å². The maximum atomic E-state index is 13.2. The van der Waals surface area contributed by atoms with Crippen LogP contribution in [-0.2, 0) is 0 Å². The van der Waals surface area contributed by atoms with Crippen LogP contribution in [0.25, 0.3) is 11.0 Å². The van der Waals surface area contributed by atoms with Crippen LogP contribution in [0.3, 0.4) is 0 Å². The van der Waals surface area contributed by atoms with Gasteiger partial charge >= 0.3 is 0 Å². The van der Waals surface area contributed by atoms with Crippen molar-refractivity contribution in [3.8, 4) is 0 Å². The highest BCUT2D eigenvalue weighted by Gasteiger charge is 2.16. The van der Waals surface area contributed by atoms with Gasteiger partial charge in [-0.2, -0.15) is 0 Å². The van der Waals surface area contributed by atoms with Gasteiger partial charge in [0.1, 0.15) is 5.82 Å². The molecule has 2 N–H and O–H groups in total. The summed E-state index contributed by atoms with van der Waals surface area (Å²) in [6.07, 6.45) is 1.74. The molecule has 96 valence electrons. The number of hydrogen-bond acceptors (Lipinski definition) is 3. The Kier molecular flexibility index (Phi) is 2.67. The van der Waals surface area contributed by atoms with Crippen molar-refractivity contribution in [1.29, 1.82) is 0 Å². The molecule has 3 aromatic rings. The third kappa shape index (κ3) is 1.93. The monoisotopic (exact) mass is 256 g/mol. The maximum Gasteiger partial charge on any atom is 0.201 e. The van der Waals surface area contributed by atoms with Crippen LogP contribution in [0.2, 0.25) is 0 Å². The molecule has 2 heterocycles. The fourth-order valence-electron chi connectivity index (χ4n) is 2.25. The molecule has 5 heteroatoms. The smallest absolute Gasteiger partial charge is 0.201 e. The van der Waals surface area contributed by atoms with Crippen molar-refractivity contribution < 1.29 is 4.39 Å². The fourth-order valence-corrected chi connectivity index (χ4v) is 2.25. The van der Waals surface area contributed by atoms with E-state index in [0.29, 0.717) is 11.5 Å². The molecule has 0 radical (unpaired) electrons. The van der Waals surface area contributed by atoms with Gasteiger partial charge in [-0.25, -0.2) is 9.37 Å². The number of anilines is 1. The van der Waals surface area contributed by atoms with Crippen LogP contribution in [0, 0.1) is 5.82 Å². The molecular weight excluding hydrogens is 243 g/mol. The molecule has 0 spiro atoms. The third-order valence-electron chi connectivity index (χ3n) is 3.18. The lowest BCUT2D eigenvalue weighted by Crippen LogP contribution is -2.11. The van der Waals surface area contributed by atoms with Gasteiger partial charge in [0.25, 0.3) is 0 Å². The van der Waals surface area contributed by atoms with E-state index in [1.165, 1.54) is 12.1 Å². The number of pyridine rings is 1. The first-order chi connectivity index (χ1) is 9.16. The molecule has 3 rings (SSSR count). The summed E-state index contributed by atoms with van der Waals surface area (Å²) in [6.45, 7) is 1.99. The largest absolute Gasteiger partial charge is 0.369 e. The number of aromatic nitrogens is 3. The second-order valence-corrected chi connectivity index (χ2v) is 4.40. The quantitative estimate of drug-likeness (QED) is 0.767. The minimum Gasteiger partial charge on any atom is -0.369 e. The number of nitrogens with two attached hydrogens (primary N) is 1. The zero-order valence-electron chi connectivity index (χ0n) is 10.4. The Bertz CT molecular complexity index is 721. The molecule has 0 saturated carbocycles. The zero-order valence-corrected chi connectivity index (χ0v) is 10.4. The van der Waals surface area contributed by atoms with Crippen LogP contribution in [0.5, 0.6) is 0 Å². The van der Waals surface area contributed by atoms with Crippen molar-refractivity contribution in [2.75, 3.05) is 5.73 Å². The molecule has 0 aliphatic heterocycles. The van der Waals surface area contributed by atoms with E-state index in [2.05, 4.69) is 9.97 Å². The summed E-state index contributed by atoms with van der Waals surface area (Å²) in [5, 5.41) is 0. The molecule has 0 amide bonds. The van der Waals surface area contributed by atoms with Crippen LogP contribution in [0.4, 0.5) is 10.3 Å². The number of imidazole rings is 1. The number of hydrogen-bond donors (Lipinski definition) is 1. The molecular formula is C14H13FN4. The molecule has 4 nitrogen and oxygen atoms in total. The second-order valence-electron chi connectivity index (χ2n) is 4.40. The third-order valence-corrected chi connectivity index (χ3v) is 3.18. The van der Waals surface area contributed by atoms with E-state index >= 15 is 0 Å². The minimum atomic E-state index is -0.317. The van der Waals surface area contributed by atoms with E-state index in [1.807, 2.05) is 29.7 Å². The van der Waals surface area contributed by atoms with Gasteiger partial charge in [-0.1, -0.05) is 6.07 Å². The maximum absolute atomic E-state index is 13.2. The molecule has 0 saturated heterocycles. The zero-order chi connectivity index (χ0) is 13.4. The lowest BCUT2D eigenvalue weighted by atomic mass is 10.2. The Hall–Kier alpha value is -2.43. The predicted molar refractivity (Wildman–Crippen MR) is 72.2 cm³/mol. The van der Waals surface area contributed by atoms with Crippen molar-refractivity contribution in [3.63, 3.8) is 0 Å². The Labute approximate surface area is 109 Å². The average Bonchev–Trinajstić information content (AvgIpc) is 2.74. The van der Waals surface area contributed by atoms with Gasteiger partial charge < -0.3 is 10.3 Å². The summed E-state index contributed by atoms with van der Waals surface area (Å²) >= 11 is 0. The molecule has 0 aliphatic rings. The lowest BCUT2D eigenvalue weighted by molar-refractivity contribution is 0.627. The van der Waals surface area contributed by atoms with Crippen molar-refractivity contribution in [3.05, 3.63) is 54.1 Å². The van der Waals surface area contributed by atoms with E-state index in [-0.39, 0.29) is 11.9 Å². The number of nitrogen functional groups attached to an aromatic ring is 1. The molecule has 0 bridgehead atoms. The predicted octanol–water partition coefficient (Wildman–Crippen LogP) is 2.76. The molecule has 1 atom stereocenters. The molecule has 1 aromatic carbocycles. The van der Waals surface area contributed by atoms with Crippen molar-refractivity contribution in [2.45, 2.75) is 13.0 Å². The number of rotatable bonds is 2. The summed E-state index contributed by atoms with van der Waals surface area (Å²) in [7, 11) is 0. The molecule has 2 aromatic heterocycles. The van der Waals surface area contributed by atoms with Gasteiger partial charge in [0.2, 0.25) is 5.95 Å². The summed E-state index contributed by atoms with van der Waals surface area (Å²) in [6, 6.07) is 10.1. The standard InChI is InChI=1S/C14H13FN4/c1-9(11-4-2-3-7-17-11)19-13-6-5-10(15)8-12(13)18-14(19)16/h2-9H,1H3,(H2,16,18). The lowest BCUT2D eigenvalue weighted by Gasteiger charge is -2.15. The first-order valence-corrected chi connectivity index (χ1v) is 6.00. The summed E-state index contributed by atoms with van der Waals surface area (Å²) < 4.78 is 15.1. The average molecular weight is 256 g/mol. The number of benzene rings is 1. The molecule has 0 fully saturated rings. The molecule has 0 aliphatic carbocycles. The number of fused-ring (bicyclic) bond motifs is 1. The van der Waals surface area contributed by atoms with Gasteiger partial charge in [-0.15, -0.1) is 0 Å². The van der Waals surface area contributed by atoms with Crippen molar-refractivity contribution in [2.24, 2.45) is 0 Å². The summed E-state index contributed by atoms with van der Waals surface area (Å²) in [5.74, 6) is 0.0430. The highest BCUT2D eigenvalue weighted by molar-refractivity contribution is 5.78. The van der Waals surface area contributed by atoms with E-state index in [0.717, 1.165) is 11.2 Å². The van der Waals surface area contributed by atoms with Crippen LogP contribution in [-0.4, -0.2) is 14.5 Å². The summed E-state index contributed by atoms with van der Waals surface area (Å²) in [4.78, 5) is 8.52. The van der Waals surface area contributed by atoms with Crippen LogP contribution in [0.1, 0.15) is 18.7 Å². The topological polar surface area (TPSA) is 56.7 Å². The number of nitrogens with zero attached hydrogens (tertiary/aromatic N) is 3. The van der Waals surface area contributed by atoms with Gasteiger partial charge in [-0.05, 0) is 31.2 Å². The van der Waals surface area contributed by atoms with E-state index < -0.39 is 0 Å². The van der Waals surface area contributed by atoms with Crippen LogP contribution in [0.15, 0.2) is 42.6 Å². The first-order valence-electron chi connectivity index (χ1n) is 6.00. The fraction of sp³-hybridized carbons (Fsp3) is 0.143. The van der Waals surface area contributed by atoms with E-state index in [4.69, 9.17) is 5.73 Å². The number of halogens is 1. The SMILES string of the molecule is CC(c1ccccn1)n1c(N)nc2cc(F)ccc21. The van der Waals surface area contributed by atoms with Gasteiger partial charge in [-0.3, -0.25) is 4.98 Å². The minimum absolute atomic E-state index is 0.0586. The van der Waals surface area contributed by atoms with Crippen LogP contribution >= 0.6 is 0 Å². The van der Waals surface area contributed by atoms with Gasteiger partial charge in [0, 0.05) is 12.3 Å². The van der Waals surface area contributed by atoms with Crippen molar-refractivity contribution >= 4 is 17.0 Å². The Morgan fingerprint density at radius 2 is 2.11 bits per heavy atom. The normalized spacial score (nSPS) is 12.7. The Morgan fingerprint density at radius 3 is 2.84 bits per heavy atom.